The zero-order valence-electron chi connectivity index (χ0n) is 10.5. The van der Waals surface area contributed by atoms with Crippen molar-refractivity contribution in [2.24, 2.45) is 11.7 Å². The highest BCUT2D eigenvalue weighted by molar-refractivity contribution is 4.73. The highest BCUT2D eigenvalue weighted by Crippen LogP contribution is 2.21. The SMILES string of the molecule is CCCC1CCN(CCC(N)CC)CC1. The third kappa shape index (κ3) is 4.98. The summed E-state index contributed by atoms with van der Waals surface area (Å²) < 4.78 is 0. The molecule has 0 spiro atoms. The topological polar surface area (TPSA) is 29.3 Å². The van der Waals surface area contributed by atoms with Gasteiger partial charge in [-0.3, -0.25) is 0 Å². The molecule has 1 atom stereocenters. The van der Waals surface area contributed by atoms with Crippen LogP contribution in [0.1, 0.15) is 52.4 Å². The van der Waals surface area contributed by atoms with Crippen LogP contribution < -0.4 is 5.73 Å². The van der Waals surface area contributed by atoms with E-state index in [4.69, 9.17) is 5.73 Å². The minimum absolute atomic E-state index is 0.415. The van der Waals surface area contributed by atoms with Crippen LogP contribution >= 0.6 is 0 Å². The van der Waals surface area contributed by atoms with Crippen molar-refractivity contribution < 1.29 is 0 Å². The van der Waals surface area contributed by atoms with Crippen LogP contribution in [0.3, 0.4) is 0 Å². The average molecular weight is 212 g/mol. The second-order valence-electron chi connectivity index (χ2n) is 5.03. The van der Waals surface area contributed by atoms with Gasteiger partial charge in [-0.15, -0.1) is 0 Å². The molecule has 1 heterocycles. The van der Waals surface area contributed by atoms with Crippen LogP contribution in [0, 0.1) is 5.92 Å². The zero-order valence-corrected chi connectivity index (χ0v) is 10.5. The van der Waals surface area contributed by atoms with Crippen LogP contribution in [0.2, 0.25) is 0 Å². The number of piperidine rings is 1. The molecular weight excluding hydrogens is 184 g/mol. The van der Waals surface area contributed by atoms with Gasteiger partial charge in [0, 0.05) is 6.04 Å². The Morgan fingerprint density at radius 3 is 2.47 bits per heavy atom. The number of rotatable bonds is 6. The summed E-state index contributed by atoms with van der Waals surface area (Å²) in [6, 6.07) is 0.415. The van der Waals surface area contributed by atoms with Crippen LogP contribution in [-0.4, -0.2) is 30.6 Å². The first-order valence-electron chi connectivity index (χ1n) is 6.74. The third-order valence-electron chi connectivity index (χ3n) is 3.74. The van der Waals surface area contributed by atoms with E-state index in [1.165, 1.54) is 51.7 Å². The molecule has 0 aromatic rings. The van der Waals surface area contributed by atoms with Crippen molar-refractivity contribution >= 4 is 0 Å². The Bertz CT molecular complexity index is 151. The Balaban J connectivity index is 2.09. The molecule has 2 nitrogen and oxygen atoms in total. The molecule has 0 radical (unpaired) electrons. The van der Waals surface area contributed by atoms with Gasteiger partial charge in [0.2, 0.25) is 0 Å². The minimum Gasteiger partial charge on any atom is -0.328 e. The van der Waals surface area contributed by atoms with E-state index in [1.54, 1.807) is 0 Å². The van der Waals surface area contributed by atoms with Crippen molar-refractivity contribution in [2.75, 3.05) is 19.6 Å². The van der Waals surface area contributed by atoms with Crippen LogP contribution in [0.25, 0.3) is 0 Å². The summed E-state index contributed by atoms with van der Waals surface area (Å²) in [5.74, 6) is 1.01. The molecule has 0 aromatic carbocycles. The number of nitrogens with two attached hydrogens (primary N) is 1. The maximum atomic E-state index is 5.94. The molecule has 2 N–H and O–H groups in total. The maximum absolute atomic E-state index is 5.94. The third-order valence-corrected chi connectivity index (χ3v) is 3.74. The largest absolute Gasteiger partial charge is 0.328 e. The van der Waals surface area contributed by atoms with Gasteiger partial charge in [-0.05, 0) is 51.2 Å². The molecule has 0 bridgehead atoms. The molecule has 1 saturated heterocycles. The van der Waals surface area contributed by atoms with E-state index in [-0.39, 0.29) is 0 Å². The van der Waals surface area contributed by atoms with Gasteiger partial charge in [0.1, 0.15) is 0 Å². The van der Waals surface area contributed by atoms with E-state index in [9.17, 15) is 0 Å². The molecule has 90 valence electrons. The van der Waals surface area contributed by atoms with Crippen LogP contribution in [-0.2, 0) is 0 Å². The highest BCUT2D eigenvalue weighted by Gasteiger charge is 2.18. The van der Waals surface area contributed by atoms with Crippen molar-refractivity contribution in [1.29, 1.82) is 0 Å². The fourth-order valence-electron chi connectivity index (χ4n) is 2.46. The molecule has 1 unspecified atom stereocenters. The van der Waals surface area contributed by atoms with E-state index >= 15 is 0 Å². The normalized spacial score (nSPS) is 21.8. The molecular formula is C13H28N2. The summed E-state index contributed by atoms with van der Waals surface area (Å²) in [4.78, 5) is 2.60. The predicted octanol–water partition coefficient (Wildman–Crippen LogP) is 2.63. The molecule has 0 amide bonds. The smallest absolute Gasteiger partial charge is 0.00483 e. The fraction of sp³-hybridized carbons (Fsp3) is 1.00. The lowest BCUT2D eigenvalue weighted by Crippen LogP contribution is -2.36. The van der Waals surface area contributed by atoms with Crippen molar-refractivity contribution in [3.63, 3.8) is 0 Å². The van der Waals surface area contributed by atoms with Gasteiger partial charge in [-0.1, -0.05) is 26.7 Å². The molecule has 0 aromatic heterocycles. The summed E-state index contributed by atoms with van der Waals surface area (Å²) >= 11 is 0. The Labute approximate surface area is 95.2 Å². The van der Waals surface area contributed by atoms with Gasteiger partial charge < -0.3 is 10.6 Å². The van der Waals surface area contributed by atoms with Crippen molar-refractivity contribution in [3.8, 4) is 0 Å². The standard InChI is InChI=1S/C13H28N2/c1-3-5-12-6-9-15(10-7-12)11-8-13(14)4-2/h12-13H,3-11,14H2,1-2H3. The number of likely N-dealkylation sites (tertiary alicyclic amines) is 1. The van der Waals surface area contributed by atoms with Gasteiger partial charge >= 0.3 is 0 Å². The lowest BCUT2D eigenvalue weighted by atomic mass is 9.92. The van der Waals surface area contributed by atoms with Crippen LogP contribution in [0.5, 0.6) is 0 Å². The number of hydrogen-bond donors (Lipinski definition) is 1. The van der Waals surface area contributed by atoms with E-state index in [1.807, 2.05) is 0 Å². The molecule has 1 rings (SSSR count). The Kier molecular flexibility index (Phi) is 6.26. The summed E-state index contributed by atoms with van der Waals surface area (Å²) in [6.07, 6.45) is 7.90. The molecule has 2 heteroatoms. The van der Waals surface area contributed by atoms with Crippen molar-refractivity contribution in [3.05, 3.63) is 0 Å². The van der Waals surface area contributed by atoms with Crippen LogP contribution in [0.4, 0.5) is 0 Å². The molecule has 1 aliphatic heterocycles. The Morgan fingerprint density at radius 1 is 1.27 bits per heavy atom. The summed E-state index contributed by atoms with van der Waals surface area (Å²) in [5, 5.41) is 0. The van der Waals surface area contributed by atoms with E-state index < -0.39 is 0 Å². The van der Waals surface area contributed by atoms with Crippen molar-refractivity contribution in [1.82, 2.24) is 4.90 Å². The van der Waals surface area contributed by atoms with E-state index in [0.29, 0.717) is 6.04 Å². The average Bonchev–Trinajstić information content (AvgIpc) is 2.28. The molecule has 0 saturated carbocycles. The number of hydrogen-bond acceptors (Lipinski definition) is 2. The van der Waals surface area contributed by atoms with Gasteiger partial charge in [-0.25, -0.2) is 0 Å². The quantitative estimate of drug-likeness (QED) is 0.733. The van der Waals surface area contributed by atoms with Gasteiger partial charge in [0.05, 0.1) is 0 Å². The lowest BCUT2D eigenvalue weighted by molar-refractivity contribution is 0.173. The summed E-state index contributed by atoms with van der Waals surface area (Å²) in [5.41, 5.74) is 5.94. The lowest BCUT2D eigenvalue weighted by Gasteiger charge is -2.32. The first-order valence-corrected chi connectivity index (χ1v) is 6.74. The molecule has 1 aliphatic rings. The van der Waals surface area contributed by atoms with E-state index in [2.05, 4.69) is 18.7 Å². The fourth-order valence-corrected chi connectivity index (χ4v) is 2.46. The monoisotopic (exact) mass is 212 g/mol. The zero-order chi connectivity index (χ0) is 11.1. The number of nitrogens with zero attached hydrogens (tertiary/aromatic N) is 1. The minimum atomic E-state index is 0.415. The summed E-state index contributed by atoms with van der Waals surface area (Å²) in [7, 11) is 0. The highest BCUT2D eigenvalue weighted by atomic mass is 15.1. The summed E-state index contributed by atoms with van der Waals surface area (Å²) in [6.45, 7) is 8.31. The van der Waals surface area contributed by atoms with Gasteiger partial charge in [0.25, 0.3) is 0 Å². The first kappa shape index (κ1) is 13.0. The molecule has 0 aliphatic carbocycles. The van der Waals surface area contributed by atoms with E-state index in [0.717, 1.165) is 12.3 Å². The second kappa shape index (κ2) is 7.24. The first-order chi connectivity index (χ1) is 7.26. The predicted molar refractivity (Wildman–Crippen MR) is 67.0 cm³/mol. The second-order valence-corrected chi connectivity index (χ2v) is 5.03. The molecule has 15 heavy (non-hydrogen) atoms. The maximum Gasteiger partial charge on any atom is 0.00483 e. The van der Waals surface area contributed by atoms with Crippen molar-refractivity contribution in [2.45, 2.75) is 58.4 Å². The van der Waals surface area contributed by atoms with Gasteiger partial charge in [-0.2, -0.15) is 0 Å². The Morgan fingerprint density at radius 2 is 1.93 bits per heavy atom. The Hall–Kier alpha value is -0.0800. The van der Waals surface area contributed by atoms with Crippen LogP contribution in [0.15, 0.2) is 0 Å². The van der Waals surface area contributed by atoms with Gasteiger partial charge in [0.15, 0.2) is 0 Å². The molecule has 1 fully saturated rings.